The Kier molecular flexibility index (Phi) is 5.09. The van der Waals surface area contributed by atoms with Crippen LogP contribution in [0.1, 0.15) is 0 Å². The van der Waals surface area contributed by atoms with E-state index in [9.17, 15) is 4.79 Å². The first-order valence-electron chi connectivity index (χ1n) is 9.72. The minimum atomic E-state index is -0.286. The minimum Gasteiger partial charge on any atom is -0.486 e. The fourth-order valence-electron chi connectivity index (χ4n) is 3.31. The molecule has 31 heavy (non-hydrogen) atoms. The number of imidazole rings is 1. The summed E-state index contributed by atoms with van der Waals surface area (Å²) in [6, 6.07) is 16.4. The van der Waals surface area contributed by atoms with Crippen LogP contribution in [-0.4, -0.2) is 35.1 Å². The van der Waals surface area contributed by atoms with Crippen molar-refractivity contribution in [3.63, 3.8) is 0 Å². The van der Waals surface area contributed by atoms with Crippen molar-refractivity contribution in [1.29, 1.82) is 0 Å². The first kappa shape index (κ1) is 19.3. The molecule has 1 aliphatic heterocycles. The molecule has 0 aliphatic carbocycles. The number of halogens is 1. The molecule has 3 heterocycles. The smallest absolute Gasteiger partial charge is 0.262 e. The highest BCUT2D eigenvalue weighted by atomic mass is 35.5. The topological polar surface area (TPSA) is 74.1 Å². The van der Waals surface area contributed by atoms with Gasteiger partial charge in [0.1, 0.15) is 24.6 Å². The molecule has 0 radical (unpaired) electrons. The van der Waals surface area contributed by atoms with E-state index in [-0.39, 0.29) is 12.5 Å². The quantitative estimate of drug-likeness (QED) is 0.501. The summed E-state index contributed by atoms with van der Waals surface area (Å²) in [6.07, 6.45) is 3.70. The Hall–Kier alpha value is -3.71. The van der Waals surface area contributed by atoms with E-state index in [1.54, 1.807) is 36.5 Å². The van der Waals surface area contributed by atoms with E-state index in [0.29, 0.717) is 35.4 Å². The van der Waals surface area contributed by atoms with Crippen molar-refractivity contribution in [3.05, 3.63) is 72.0 Å². The van der Waals surface area contributed by atoms with E-state index in [4.69, 9.17) is 25.8 Å². The predicted molar refractivity (Wildman–Crippen MR) is 117 cm³/mol. The monoisotopic (exact) mass is 435 g/mol. The van der Waals surface area contributed by atoms with Crippen LogP contribution in [0, 0.1) is 0 Å². The Morgan fingerprint density at radius 1 is 1.06 bits per heavy atom. The van der Waals surface area contributed by atoms with Gasteiger partial charge in [-0.05, 0) is 42.5 Å². The number of para-hydroxylation sites is 1. The van der Waals surface area contributed by atoms with Crippen LogP contribution in [0.4, 0.5) is 5.69 Å². The van der Waals surface area contributed by atoms with Crippen LogP contribution in [0.5, 0.6) is 17.2 Å². The van der Waals surface area contributed by atoms with Crippen LogP contribution in [0.25, 0.3) is 16.9 Å². The van der Waals surface area contributed by atoms with Crippen molar-refractivity contribution in [2.45, 2.75) is 0 Å². The zero-order valence-corrected chi connectivity index (χ0v) is 17.1. The first-order valence-corrected chi connectivity index (χ1v) is 10.1. The zero-order chi connectivity index (χ0) is 21.2. The molecule has 0 saturated carbocycles. The molecule has 0 bridgehead atoms. The number of aromatic nitrogens is 2. The molecular weight excluding hydrogens is 418 g/mol. The van der Waals surface area contributed by atoms with Crippen LogP contribution < -0.4 is 19.5 Å². The highest BCUT2D eigenvalue weighted by Gasteiger charge is 2.14. The van der Waals surface area contributed by atoms with Crippen LogP contribution in [0.3, 0.4) is 0 Å². The average molecular weight is 436 g/mol. The molecule has 0 saturated heterocycles. The number of amides is 1. The van der Waals surface area contributed by atoms with Crippen molar-refractivity contribution >= 4 is 28.8 Å². The number of nitrogens with one attached hydrogen (secondary N) is 1. The van der Waals surface area contributed by atoms with E-state index in [0.717, 1.165) is 22.7 Å². The summed E-state index contributed by atoms with van der Waals surface area (Å²) in [5, 5.41) is 3.28. The fourth-order valence-corrected chi connectivity index (χ4v) is 3.50. The molecule has 0 atom stereocenters. The molecule has 4 aromatic rings. The molecule has 0 fully saturated rings. The lowest BCUT2D eigenvalue weighted by Gasteiger charge is -2.18. The molecule has 2 aromatic heterocycles. The van der Waals surface area contributed by atoms with Gasteiger partial charge in [-0.3, -0.25) is 4.79 Å². The van der Waals surface area contributed by atoms with E-state index in [1.165, 1.54) is 0 Å². The number of carbonyl (C=O) groups excluding carboxylic acids is 1. The maximum Gasteiger partial charge on any atom is 0.262 e. The Bertz CT molecular complexity index is 1270. The van der Waals surface area contributed by atoms with Gasteiger partial charge in [-0.25, -0.2) is 4.98 Å². The SMILES string of the molecule is O=C(COc1ccccc1Cl)Nc1ccc2nc(-c3ccc4c(c3)OCCO4)cn2c1. The summed E-state index contributed by atoms with van der Waals surface area (Å²) in [4.78, 5) is 16.9. The molecule has 1 amide bonds. The number of carbonyl (C=O) groups is 1. The molecule has 2 aromatic carbocycles. The Morgan fingerprint density at radius 3 is 2.77 bits per heavy atom. The third-order valence-electron chi connectivity index (χ3n) is 4.77. The van der Waals surface area contributed by atoms with Gasteiger partial charge < -0.3 is 23.9 Å². The second-order valence-corrected chi connectivity index (χ2v) is 7.34. The molecule has 8 heteroatoms. The normalized spacial score (nSPS) is 12.5. The largest absolute Gasteiger partial charge is 0.486 e. The maximum absolute atomic E-state index is 12.3. The summed E-state index contributed by atoms with van der Waals surface area (Å²) in [6.45, 7) is 0.942. The Morgan fingerprint density at radius 2 is 1.90 bits per heavy atom. The number of hydrogen-bond donors (Lipinski definition) is 1. The van der Waals surface area contributed by atoms with Crippen LogP contribution in [0.2, 0.25) is 5.02 Å². The fraction of sp³-hybridized carbons (Fsp3) is 0.130. The lowest BCUT2D eigenvalue weighted by Crippen LogP contribution is -2.20. The van der Waals surface area contributed by atoms with Crippen LogP contribution in [-0.2, 0) is 4.79 Å². The van der Waals surface area contributed by atoms with Gasteiger partial charge in [0.25, 0.3) is 5.91 Å². The molecular formula is C23H18ClN3O4. The van der Waals surface area contributed by atoms with Gasteiger partial charge in [0.15, 0.2) is 18.1 Å². The Labute approximate surface area is 183 Å². The van der Waals surface area contributed by atoms with Crippen molar-refractivity contribution in [2.75, 3.05) is 25.1 Å². The van der Waals surface area contributed by atoms with Gasteiger partial charge in [0.05, 0.1) is 16.4 Å². The number of hydrogen-bond acceptors (Lipinski definition) is 5. The van der Waals surface area contributed by atoms with Gasteiger partial charge in [0.2, 0.25) is 0 Å². The molecule has 0 unspecified atom stereocenters. The van der Waals surface area contributed by atoms with Crippen molar-refractivity contribution in [3.8, 4) is 28.5 Å². The molecule has 5 rings (SSSR count). The number of fused-ring (bicyclic) bond motifs is 2. The van der Waals surface area contributed by atoms with Gasteiger partial charge in [-0.1, -0.05) is 23.7 Å². The van der Waals surface area contributed by atoms with Crippen LogP contribution in [0.15, 0.2) is 67.0 Å². The molecule has 156 valence electrons. The van der Waals surface area contributed by atoms with Crippen molar-refractivity contribution in [2.24, 2.45) is 0 Å². The third-order valence-corrected chi connectivity index (χ3v) is 5.08. The first-order chi connectivity index (χ1) is 15.2. The number of benzene rings is 2. The third kappa shape index (κ3) is 4.13. The number of anilines is 1. The number of nitrogens with zero attached hydrogens (tertiary/aromatic N) is 2. The maximum atomic E-state index is 12.3. The molecule has 1 N–H and O–H groups in total. The summed E-state index contributed by atoms with van der Waals surface area (Å²) in [5.41, 5.74) is 3.11. The number of ether oxygens (including phenoxy) is 3. The average Bonchev–Trinajstić information content (AvgIpc) is 3.22. The summed E-state index contributed by atoms with van der Waals surface area (Å²) >= 11 is 6.04. The second-order valence-electron chi connectivity index (χ2n) is 6.94. The molecule has 7 nitrogen and oxygen atoms in total. The van der Waals surface area contributed by atoms with Gasteiger partial charge in [-0.2, -0.15) is 0 Å². The van der Waals surface area contributed by atoms with Crippen LogP contribution >= 0.6 is 11.6 Å². The summed E-state index contributed by atoms with van der Waals surface area (Å²) in [7, 11) is 0. The minimum absolute atomic E-state index is 0.145. The van der Waals surface area contributed by atoms with Gasteiger partial charge >= 0.3 is 0 Å². The number of rotatable bonds is 5. The van der Waals surface area contributed by atoms with E-state index < -0.39 is 0 Å². The van der Waals surface area contributed by atoms with Gasteiger partial charge in [0, 0.05) is 18.0 Å². The lowest BCUT2D eigenvalue weighted by atomic mass is 10.1. The molecule has 0 spiro atoms. The van der Waals surface area contributed by atoms with E-state index in [1.807, 2.05) is 34.9 Å². The van der Waals surface area contributed by atoms with E-state index in [2.05, 4.69) is 10.3 Å². The standard InChI is InChI=1S/C23H18ClN3O4/c24-17-3-1-2-4-19(17)31-14-23(28)25-16-6-8-22-26-18(13-27(22)12-16)15-5-7-20-21(11-15)30-10-9-29-20/h1-8,11-13H,9-10,14H2,(H,25,28). The predicted octanol–water partition coefficient (Wildman–Crippen LogP) is 4.44. The number of pyridine rings is 1. The lowest BCUT2D eigenvalue weighted by molar-refractivity contribution is -0.118. The van der Waals surface area contributed by atoms with Crippen molar-refractivity contribution < 1.29 is 19.0 Å². The van der Waals surface area contributed by atoms with E-state index >= 15 is 0 Å². The second kappa shape index (κ2) is 8.20. The summed E-state index contributed by atoms with van der Waals surface area (Å²) in [5.74, 6) is 1.63. The highest BCUT2D eigenvalue weighted by molar-refractivity contribution is 6.32. The Balaban J connectivity index is 1.30. The highest BCUT2D eigenvalue weighted by Crippen LogP contribution is 2.34. The molecule has 1 aliphatic rings. The van der Waals surface area contributed by atoms with Crippen molar-refractivity contribution in [1.82, 2.24) is 9.38 Å². The zero-order valence-electron chi connectivity index (χ0n) is 16.4. The summed E-state index contributed by atoms with van der Waals surface area (Å²) < 4.78 is 18.6. The van der Waals surface area contributed by atoms with Gasteiger partial charge in [-0.15, -0.1) is 0 Å².